The highest BCUT2D eigenvalue weighted by molar-refractivity contribution is 5.96. The maximum atomic E-state index is 11.9. The Morgan fingerprint density at radius 3 is 2.67 bits per heavy atom. The Labute approximate surface area is 125 Å². The summed E-state index contributed by atoms with van der Waals surface area (Å²) in [5.74, 6) is -0.217. The Morgan fingerprint density at radius 2 is 2.00 bits per heavy atom. The minimum Gasteiger partial charge on any atom is -0.395 e. The lowest BCUT2D eigenvalue weighted by Crippen LogP contribution is -2.44. The van der Waals surface area contributed by atoms with Crippen LogP contribution in [0.1, 0.15) is 18.9 Å². The van der Waals surface area contributed by atoms with Crippen molar-refractivity contribution in [3.8, 4) is 0 Å². The number of hydrogen-bond donors (Lipinski definition) is 2. The molecule has 5 nitrogen and oxygen atoms in total. The summed E-state index contributed by atoms with van der Waals surface area (Å²) in [4.78, 5) is 25.7. The van der Waals surface area contributed by atoms with E-state index in [1.165, 1.54) is 0 Å². The van der Waals surface area contributed by atoms with Gasteiger partial charge < -0.3 is 5.11 Å². The van der Waals surface area contributed by atoms with Gasteiger partial charge in [0, 0.05) is 6.04 Å². The molecule has 0 aromatic heterocycles. The highest BCUT2D eigenvalue weighted by Gasteiger charge is 2.31. The zero-order valence-electron chi connectivity index (χ0n) is 12.3. The molecule has 0 aliphatic carbocycles. The van der Waals surface area contributed by atoms with Gasteiger partial charge in [0.1, 0.15) is 0 Å². The fourth-order valence-electron chi connectivity index (χ4n) is 2.78. The topological polar surface area (TPSA) is 69.6 Å². The first-order valence-corrected chi connectivity index (χ1v) is 7.31. The molecule has 2 unspecified atom stereocenters. The summed E-state index contributed by atoms with van der Waals surface area (Å²) < 4.78 is 0. The Balaban J connectivity index is 1.80. The highest BCUT2D eigenvalue weighted by atomic mass is 16.3. The molecule has 1 heterocycles. The molecule has 2 amide bonds. The van der Waals surface area contributed by atoms with E-state index in [1.807, 2.05) is 35.2 Å². The lowest BCUT2D eigenvalue weighted by molar-refractivity contribution is -0.130. The highest BCUT2D eigenvalue weighted by Crippen LogP contribution is 2.22. The first-order valence-electron chi connectivity index (χ1n) is 7.31. The number of nitrogens with zero attached hydrogens (tertiary/aromatic N) is 1. The summed E-state index contributed by atoms with van der Waals surface area (Å²) in [7, 11) is 0. The van der Waals surface area contributed by atoms with Gasteiger partial charge in [-0.2, -0.15) is 0 Å². The summed E-state index contributed by atoms with van der Waals surface area (Å²) >= 11 is 0. The smallest absolute Gasteiger partial charge is 0.240 e. The number of aliphatic hydroxyl groups excluding tert-OH is 1. The van der Waals surface area contributed by atoms with Crippen LogP contribution in [0.15, 0.2) is 30.3 Å². The normalized spacial score (nSPS) is 22.2. The number of hydrogen-bond acceptors (Lipinski definition) is 4. The first kappa shape index (κ1) is 15.7. The molecule has 0 saturated carbocycles. The molecular weight excluding hydrogens is 268 g/mol. The van der Waals surface area contributed by atoms with Gasteiger partial charge >= 0.3 is 0 Å². The van der Waals surface area contributed by atoms with Gasteiger partial charge in [0.2, 0.25) is 11.8 Å². The van der Waals surface area contributed by atoms with Crippen LogP contribution in [0.25, 0.3) is 0 Å². The Bertz CT molecular complexity index is 490. The molecule has 0 radical (unpaired) electrons. The molecule has 2 N–H and O–H groups in total. The van der Waals surface area contributed by atoms with Gasteiger partial charge in [0.05, 0.1) is 19.6 Å². The molecule has 0 spiro atoms. The summed E-state index contributed by atoms with van der Waals surface area (Å²) in [6, 6.07) is 9.34. The number of carbonyl (C=O) groups excluding carboxylic acids is 2. The number of carbonyl (C=O) groups is 2. The van der Waals surface area contributed by atoms with E-state index >= 15 is 0 Å². The second-order valence-corrected chi connectivity index (χ2v) is 5.62. The SMILES string of the molecule is CC1CCN(CC(=O)NC(=O)Cc2ccccc2)C1CO. The number of nitrogens with one attached hydrogen (secondary N) is 1. The number of rotatable bonds is 5. The van der Waals surface area contributed by atoms with Gasteiger partial charge in [-0.1, -0.05) is 37.3 Å². The molecule has 21 heavy (non-hydrogen) atoms. The van der Waals surface area contributed by atoms with Gasteiger partial charge in [-0.25, -0.2) is 0 Å². The third-order valence-corrected chi connectivity index (χ3v) is 4.02. The van der Waals surface area contributed by atoms with Crippen molar-refractivity contribution < 1.29 is 14.7 Å². The van der Waals surface area contributed by atoms with Crippen LogP contribution >= 0.6 is 0 Å². The number of likely N-dealkylation sites (tertiary alicyclic amines) is 1. The van der Waals surface area contributed by atoms with Gasteiger partial charge in [-0.05, 0) is 24.4 Å². The van der Waals surface area contributed by atoms with Crippen LogP contribution in [-0.4, -0.2) is 47.6 Å². The summed E-state index contributed by atoms with van der Waals surface area (Å²) in [5.41, 5.74) is 0.880. The van der Waals surface area contributed by atoms with Crippen molar-refractivity contribution in [1.29, 1.82) is 0 Å². The minimum absolute atomic E-state index is 0.0139. The average Bonchev–Trinajstić information content (AvgIpc) is 2.79. The molecule has 1 fully saturated rings. The number of amides is 2. The van der Waals surface area contributed by atoms with E-state index in [0.717, 1.165) is 18.5 Å². The van der Waals surface area contributed by atoms with Gasteiger partial charge in [0.25, 0.3) is 0 Å². The predicted octanol–water partition coefficient (Wildman–Crippen LogP) is 0.575. The molecule has 0 bridgehead atoms. The second kappa shape index (κ2) is 7.33. The van der Waals surface area contributed by atoms with Crippen LogP contribution in [0, 0.1) is 5.92 Å². The predicted molar refractivity (Wildman–Crippen MR) is 79.5 cm³/mol. The van der Waals surface area contributed by atoms with Crippen LogP contribution in [0.3, 0.4) is 0 Å². The number of benzene rings is 1. The van der Waals surface area contributed by atoms with Crippen LogP contribution in [0.5, 0.6) is 0 Å². The summed E-state index contributed by atoms with van der Waals surface area (Å²) in [5, 5.41) is 11.8. The van der Waals surface area contributed by atoms with Crippen molar-refractivity contribution in [1.82, 2.24) is 10.2 Å². The van der Waals surface area contributed by atoms with Crippen LogP contribution in [0.4, 0.5) is 0 Å². The zero-order chi connectivity index (χ0) is 15.2. The molecule has 5 heteroatoms. The Kier molecular flexibility index (Phi) is 5.47. The number of aliphatic hydroxyl groups is 1. The van der Waals surface area contributed by atoms with E-state index in [2.05, 4.69) is 12.2 Å². The van der Waals surface area contributed by atoms with Gasteiger partial charge in [-0.3, -0.25) is 19.8 Å². The van der Waals surface area contributed by atoms with Crippen molar-refractivity contribution in [2.75, 3.05) is 19.7 Å². The van der Waals surface area contributed by atoms with Gasteiger partial charge in [0.15, 0.2) is 0 Å². The van der Waals surface area contributed by atoms with E-state index < -0.39 is 0 Å². The third kappa shape index (κ3) is 4.37. The summed E-state index contributed by atoms with van der Waals surface area (Å²) in [6.45, 7) is 3.06. The fourth-order valence-corrected chi connectivity index (χ4v) is 2.78. The molecule has 1 aromatic rings. The van der Waals surface area contributed by atoms with E-state index in [4.69, 9.17) is 0 Å². The van der Waals surface area contributed by atoms with Crippen molar-refractivity contribution in [2.45, 2.75) is 25.8 Å². The molecular formula is C16H22N2O3. The van der Waals surface area contributed by atoms with Crippen molar-refractivity contribution in [3.63, 3.8) is 0 Å². The second-order valence-electron chi connectivity index (χ2n) is 5.62. The molecule has 1 aliphatic rings. The molecule has 1 saturated heterocycles. The molecule has 2 rings (SSSR count). The number of imide groups is 1. The van der Waals surface area contributed by atoms with E-state index in [1.54, 1.807) is 0 Å². The van der Waals surface area contributed by atoms with Crippen LogP contribution < -0.4 is 5.32 Å². The first-order chi connectivity index (χ1) is 10.1. The lowest BCUT2D eigenvalue weighted by Gasteiger charge is -2.24. The Hall–Kier alpha value is -1.72. The maximum Gasteiger partial charge on any atom is 0.240 e. The lowest BCUT2D eigenvalue weighted by atomic mass is 10.0. The minimum atomic E-state index is -0.302. The van der Waals surface area contributed by atoms with Crippen LogP contribution in [-0.2, 0) is 16.0 Å². The average molecular weight is 290 g/mol. The summed E-state index contributed by atoms with van der Waals surface area (Å²) in [6.07, 6.45) is 1.17. The fraction of sp³-hybridized carbons (Fsp3) is 0.500. The molecule has 114 valence electrons. The van der Waals surface area contributed by atoms with Crippen molar-refractivity contribution >= 4 is 11.8 Å². The molecule has 1 aromatic carbocycles. The van der Waals surface area contributed by atoms with E-state index in [0.29, 0.717) is 5.92 Å². The standard InChI is InChI=1S/C16H22N2O3/c1-12-7-8-18(14(12)11-19)10-16(21)17-15(20)9-13-5-3-2-4-6-13/h2-6,12,14,19H,7-11H2,1H3,(H,17,20,21). The van der Waals surface area contributed by atoms with E-state index in [9.17, 15) is 14.7 Å². The third-order valence-electron chi connectivity index (χ3n) is 4.02. The largest absolute Gasteiger partial charge is 0.395 e. The van der Waals surface area contributed by atoms with Gasteiger partial charge in [-0.15, -0.1) is 0 Å². The van der Waals surface area contributed by atoms with Crippen molar-refractivity contribution in [3.05, 3.63) is 35.9 Å². The van der Waals surface area contributed by atoms with Crippen LogP contribution in [0.2, 0.25) is 0 Å². The quantitative estimate of drug-likeness (QED) is 0.832. The molecule has 1 aliphatic heterocycles. The maximum absolute atomic E-state index is 11.9. The van der Waals surface area contributed by atoms with E-state index in [-0.39, 0.29) is 37.4 Å². The Morgan fingerprint density at radius 1 is 1.29 bits per heavy atom. The zero-order valence-corrected chi connectivity index (χ0v) is 12.3. The molecule has 2 atom stereocenters. The monoisotopic (exact) mass is 290 g/mol. The van der Waals surface area contributed by atoms with Crippen molar-refractivity contribution in [2.24, 2.45) is 5.92 Å².